The normalized spacial score (nSPS) is 30.8. The smallest absolute Gasteiger partial charge is 0.153 e. The summed E-state index contributed by atoms with van der Waals surface area (Å²) in [7, 11) is 0. The first-order chi connectivity index (χ1) is 10.7. The van der Waals surface area contributed by atoms with Gasteiger partial charge in [-0.2, -0.15) is 5.10 Å². The molecule has 0 amide bonds. The van der Waals surface area contributed by atoms with E-state index in [4.69, 9.17) is 10.5 Å². The highest BCUT2D eigenvalue weighted by atomic mass is 79.9. The number of nitrogens with zero attached hydrogens (tertiary/aromatic N) is 3. The lowest BCUT2D eigenvalue weighted by atomic mass is 9.66. The molecule has 2 aromatic rings. The molecule has 2 aromatic heterocycles. The first kappa shape index (κ1) is 14.4. The van der Waals surface area contributed by atoms with Crippen molar-refractivity contribution < 1.29 is 4.74 Å². The van der Waals surface area contributed by atoms with E-state index in [1.807, 2.05) is 10.7 Å². The van der Waals surface area contributed by atoms with E-state index in [-0.39, 0.29) is 11.0 Å². The lowest BCUT2D eigenvalue weighted by Gasteiger charge is -2.52. The van der Waals surface area contributed by atoms with Crippen molar-refractivity contribution in [1.82, 2.24) is 14.6 Å². The molecule has 1 saturated carbocycles. The second-order valence-electron chi connectivity index (χ2n) is 6.59. The number of fused-ring (bicyclic) bond motifs is 4. The summed E-state index contributed by atoms with van der Waals surface area (Å²) in [6, 6.07) is 0. The van der Waals surface area contributed by atoms with Crippen LogP contribution in [0, 0.1) is 5.41 Å². The van der Waals surface area contributed by atoms with Gasteiger partial charge in [-0.15, -0.1) is 0 Å². The van der Waals surface area contributed by atoms with Gasteiger partial charge >= 0.3 is 0 Å². The number of nitrogens with two attached hydrogens (primary N) is 1. The Balaban J connectivity index is 1.52. The maximum absolute atomic E-state index is 6.09. The van der Waals surface area contributed by atoms with Crippen LogP contribution in [0.25, 0.3) is 5.52 Å². The van der Waals surface area contributed by atoms with Crippen molar-refractivity contribution in [1.29, 1.82) is 0 Å². The van der Waals surface area contributed by atoms with Gasteiger partial charge in [-0.1, -0.05) is 0 Å². The van der Waals surface area contributed by atoms with Gasteiger partial charge in [0.2, 0.25) is 0 Å². The highest BCUT2D eigenvalue weighted by Gasteiger charge is 2.48. The van der Waals surface area contributed by atoms with Crippen molar-refractivity contribution >= 4 is 27.3 Å². The van der Waals surface area contributed by atoms with Gasteiger partial charge < -0.3 is 15.8 Å². The van der Waals surface area contributed by atoms with Crippen molar-refractivity contribution in [2.75, 3.05) is 25.0 Å². The monoisotopic (exact) mass is 365 g/mol. The molecule has 0 unspecified atom stereocenters. The fourth-order valence-electron chi connectivity index (χ4n) is 3.63. The zero-order chi connectivity index (χ0) is 15.2. The first-order valence-electron chi connectivity index (χ1n) is 7.71. The topological polar surface area (TPSA) is 77.5 Å². The lowest BCUT2D eigenvalue weighted by Crippen LogP contribution is -2.56. The van der Waals surface area contributed by atoms with Crippen LogP contribution in [0.1, 0.15) is 25.7 Å². The fourth-order valence-corrected chi connectivity index (χ4v) is 4.09. The van der Waals surface area contributed by atoms with Gasteiger partial charge in [-0.25, -0.2) is 9.50 Å². The van der Waals surface area contributed by atoms with Crippen LogP contribution < -0.4 is 11.1 Å². The lowest BCUT2D eigenvalue weighted by molar-refractivity contribution is -0.173. The zero-order valence-corrected chi connectivity index (χ0v) is 14.0. The van der Waals surface area contributed by atoms with Crippen molar-refractivity contribution in [3.8, 4) is 0 Å². The molecule has 2 bridgehead atoms. The van der Waals surface area contributed by atoms with Gasteiger partial charge in [0.25, 0.3) is 0 Å². The third-order valence-corrected chi connectivity index (χ3v) is 5.88. The fraction of sp³-hybridized carbons (Fsp3) is 0.600. The molecule has 0 spiro atoms. The molecule has 5 rings (SSSR count). The maximum atomic E-state index is 6.09. The molecule has 3 fully saturated rings. The van der Waals surface area contributed by atoms with E-state index >= 15 is 0 Å². The van der Waals surface area contributed by atoms with Crippen molar-refractivity contribution in [3.05, 3.63) is 23.1 Å². The Morgan fingerprint density at radius 3 is 2.86 bits per heavy atom. The van der Waals surface area contributed by atoms with Crippen molar-refractivity contribution in [3.63, 3.8) is 0 Å². The predicted octanol–water partition coefficient (Wildman–Crippen LogP) is 2.19. The minimum Gasteiger partial charge on any atom is -0.373 e. The highest BCUT2D eigenvalue weighted by Crippen LogP contribution is 2.48. The Morgan fingerprint density at radius 2 is 2.18 bits per heavy atom. The third kappa shape index (κ3) is 2.23. The molecule has 4 heterocycles. The van der Waals surface area contributed by atoms with E-state index in [9.17, 15) is 0 Å². The molecule has 0 aromatic carbocycles. The zero-order valence-electron chi connectivity index (χ0n) is 12.4. The van der Waals surface area contributed by atoms with Gasteiger partial charge in [0, 0.05) is 30.9 Å². The Labute approximate surface area is 137 Å². The number of rotatable bonds is 4. The molecule has 3 aliphatic rings. The van der Waals surface area contributed by atoms with E-state index in [1.54, 1.807) is 12.4 Å². The minimum absolute atomic E-state index is 0.0471. The quantitative estimate of drug-likeness (QED) is 0.868. The SMILES string of the molecule is NCC12CCC(CNc3nccn4ncc(Br)c34)(CC1)CO2. The molecular weight excluding hydrogens is 346 g/mol. The summed E-state index contributed by atoms with van der Waals surface area (Å²) in [5.41, 5.74) is 7.02. The summed E-state index contributed by atoms with van der Waals surface area (Å²) in [4.78, 5) is 4.47. The van der Waals surface area contributed by atoms with Gasteiger partial charge in [-0.05, 0) is 41.6 Å². The number of hydrogen-bond donors (Lipinski definition) is 2. The summed E-state index contributed by atoms with van der Waals surface area (Å²) in [6.45, 7) is 2.30. The Bertz CT molecular complexity index is 676. The van der Waals surface area contributed by atoms with Gasteiger partial charge in [0.15, 0.2) is 5.82 Å². The molecule has 0 atom stereocenters. The summed E-state index contributed by atoms with van der Waals surface area (Å²) in [6.07, 6.45) is 9.88. The second kappa shape index (κ2) is 5.18. The van der Waals surface area contributed by atoms with E-state index in [0.29, 0.717) is 6.54 Å². The molecule has 2 saturated heterocycles. The van der Waals surface area contributed by atoms with Crippen LogP contribution in [0.5, 0.6) is 0 Å². The van der Waals surface area contributed by atoms with E-state index in [2.05, 4.69) is 31.3 Å². The largest absolute Gasteiger partial charge is 0.373 e. The summed E-state index contributed by atoms with van der Waals surface area (Å²) in [5.74, 6) is 0.863. The number of hydrogen-bond acceptors (Lipinski definition) is 5. The standard InChI is InChI=1S/C15H20BrN5O/c16-11-7-20-21-6-5-18-13(12(11)21)19-9-14-1-3-15(8-17,4-2-14)22-10-14/h5-7H,1-4,8-10,17H2,(H,18,19). The van der Waals surface area contributed by atoms with E-state index in [0.717, 1.165) is 41.8 Å². The van der Waals surface area contributed by atoms with Gasteiger partial charge in [0.1, 0.15) is 5.52 Å². The average Bonchev–Trinajstić information content (AvgIpc) is 2.97. The van der Waals surface area contributed by atoms with Crippen LogP contribution in [0.3, 0.4) is 0 Å². The van der Waals surface area contributed by atoms with E-state index < -0.39 is 0 Å². The Kier molecular flexibility index (Phi) is 3.39. The van der Waals surface area contributed by atoms with Crippen LogP contribution in [-0.2, 0) is 4.74 Å². The number of aromatic nitrogens is 3. The summed E-state index contributed by atoms with van der Waals surface area (Å²) < 4.78 is 8.87. The molecule has 0 radical (unpaired) electrons. The van der Waals surface area contributed by atoms with E-state index in [1.165, 1.54) is 12.8 Å². The molecule has 1 aliphatic carbocycles. The molecule has 22 heavy (non-hydrogen) atoms. The Morgan fingerprint density at radius 1 is 1.36 bits per heavy atom. The number of ether oxygens (including phenoxy) is 1. The molecular formula is C15H20BrN5O. The van der Waals surface area contributed by atoms with Gasteiger partial charge in [-0.3, -0.25) is 0 Å². The third-order valence-electron chi connectivity index (χ3n) is 5.30. The number of halogens is 1. The molecule has 3 N–H and O–H groups in total. The minimum atomic E-state index is -0.0471. The number of anilines is 1. The van der Waals surface area contributed by atoms with Crippen LogP contribution in [0.15, 0.2) is 23.1 Å². The van der Waals surface area contributed by atoms with Crippen LogP contribution >= 0.6 is 15.9 Å². The average molecular weight is 366 g/mol. The van der Waals surface area contributed by atoms with Crippen LogP contribution in [-0.4, -0.2) is 39.9 Å². The number of nitrogens with one attached hydrogen (secondary N) is 1. The van der Waals surface area contributed by atoms with Crippen molar-refractivity contribution in [2.45, 2.75) is 31.3 Å². The van der Waals surface area contributed by atoms with Gasteiger partial charge in [0.05, 0.1) is 22.9 Å². The molecule has 2 aliphatic heterocycles. The highest BCUT2D eigenvalue weighted by molar-refractivity contribution is 9.10. The predicted molar refractivity (Wildman–Crippen MR) is 87.8 cm³/mol. The molecule has 6 nitrogen and oxygen atoms in total. The maximum Gasteiger partial charge on any atom is 0.153 e. The second-order valence-corrected chi connectivity index (χ2v) is 7.45. The van der Waals surface area contributed by atoms with Crippen molar-refractivity contribution in [2.24, 2.45) is 11.1 Å². The molecule has 118 valence electrons. The summed E-state index contributed by atoms with van der Waals surface area (Å²) in [5, 5.41) is 7.81. The van der Waals surface area contributed by atoms with Crippen LogP contribution in [0.2, 0.25) is 0 Å². The molecule has 7 heteroatoms. The Hall–Kier alpha value is -1.18. The first-order valence-corrected chi connectivity index (χ1v) is 8.51. The summed E-state index contributed by atoms with van der Waals surface area (Å²) >= 11 is 3.54. The van der Waals surface area contributed by atoms with Crippen LogP contribution in [0.4, 0.5) is 5.82 Å².